The number of nitrogens with two attached hydrogens (primary N) is 1. The fourth-order valence-electron chi connectivity index (χ4n) is 2.15. The van der Waals surface area contributed by atoms with E-state index in [4.69, 9.17) is 11.1 Å². The van der Waals surface area contributed by atoms with E-state index in [2.05, 4.69) is 4.90 Å². The Labute approximate surface area is 116 Å². The Bertz CT molecular complexity index is 411. The van der Waals surface area contributed by atoms with Crippen molar-refractivity contribution < 1.29 is 8.42 Å². The summed E-state index contributed by atoms with van der Waals surface area (Å²) >= 11 is 0. The molecule has 1 saturated heterocycles. The first-order valence-corrected chi connectivity index (χ1v) is 8.40. The van der Waals surface area contributed by atoms with Gasteiger partial charge in [-0.05, 0) is 20.3 Å². The van der Waals surface area contributed by atoms with E-state index in [1.165, 1.54) is 0 Å². The summed E-state index contributed by atoms with van der Waals surface area (Å²) in [6, 6.07) is 0. The van der Waals surface area contributed by atoms with Gasteiger partial charge in [-0.15, -0.1) is 0 Å². The number of rotatable bonds is 6. The summed E-state index contributed by atoms with van der Waals surface area (Å²) in [5.74, 6) is 0.356. The van der Waals surface area contributed by atoms with Crippen LogP contribution in [0.4, 0.5) is 0 Å². The van der Waals surface area contributed by atoms with Gasteiger partial charge >= 0.3 is 0 Å². The standard InChI is InChI=1S/C12H26N4O2S/c1-4-5-10-19(17,18)16-8-6-15(7-9-16)12(2,3)11(13)14/h4-10H2,1-3H3,(H3,13,14). The average molecular weight is 290 g/mol. The van der Waals surface area contributed by atoms with E-state index in [9.17, 15) is 8.42 Å². The number of nitrogens with one attached hydrogen (secondary N) is 1. The van der Waals surface area contributed by atoms with Crippen molar-refractivity contribution >= 4 is 15.9 Å². The smallest absolute Gasteiger partial charge is 0.214 e. The lowest BCUT2D eigenvalue weighted by Gasteiger charge is -2.42. The zero-order valence-electron chi connectivity index (χ0n) is 12.1. The first-order chi connectivity index (χ1) is 8.71. The van der Waals surface area contributed by atoms with E-state index in [1.807, 2.05) is 20.8 Å². The minimum absolute atomic E-state index is 0.120. The van der Waals surface area contributed by atoms with Crippen LogP contribution in [-0.2, 0) is 10.0 Å². The van der Waals surface area contributed by atoms with Gasteiger partial charge in [-0.25, -0.2) is 8.42 Å². The highest BCUT2D eigenvalue weighted by Crippen LogP contribution is 2.18. The molecular formula is C12H26N4O2S. The minimum Gasteiger partial charge on any atom is -0.386 e. The summed E-state index contributed by atoms with van der Waals surface area (Å²) in [6.45, 7) is 8.01. The maximum atomic E-state index is 12.1. The Hall–Kier alpha value is -0.660. The summed E-state index contributed by atoms with van der Waals surface area (Å²) in [4.78, 5) is 2.07. The van der Waals surface area contributed by atoms with Gasteiger partial charge in [0.05, 0.1) is 11.3 Å². The van der Waals surface area contributed by atoms with Crippen LogP contribution in [0.5, 0.6) is 0 Å². The van der Waals surface area contributed by atoms with Crippen molar-refractivity contribution in [2.75, 3.05) is 31.9 Å². The molecule has 19 heavy (non-hydrogen) atoms. The van der Waals surface area contributed by atoms with Crippen LogP contribution in [0.2, 0.25) is 0 Å². The number of hydrogen-bond donors (Lipinski definition) is 2. The lowest BCUT2D eigenvalue weighted by Crippen LogP contribution is -2.60. The molecule has 0 aromatic heterocycles. The molecule has 0 saturated carbocycles. The van der Waals surface area contributed by atoms with E-state index >= 15 is 0 Å². The molecule has 0 aromatic rings. The van der Waals surface area contributed by atoms with Gasteiger partial charge in [0.15, 0.2) is 0 Å². The van der Waals surface area contributed by atoms with E-state index in [-0.39, 0.29) is 11.6 Å². The van der Waals surface area contributed by atoms with Crippen LogP contribution >= 0.6 is 0 Å². The lowest BCUT2D eigenvalue weighted by molar-refractivity contribution is 0.121. The maximum absolute atomic E-state index is 12.1. The molecule has 0 atom stereocenters. The molecule has 0 bridgehead atoms. The number of unbranched alkanes of at least 4 members (excludes halogenated alkanes) is 1. The van der Waals surface area contributed by atoms with Crippen LogP contribution < -0.4 is 5.73 Å². The predicted molar refractivity (Wildman–Crippen MR) is 77.8 cm³/mol. The summed E-state index contributed by atoms with van der Waals surface area (Å²) in [7, 11) is -3.11. The Balaban J connectivity index is 2.61. The first-order valence-electron chi connectivity index (χ1n) is 6.79. The number of amidine groups is 1. The molecule has 0 spiro atoms. The third kappa shape index (κ3) is 3.90. The molecule has 7 heteroatoms. The number of hydrogen-bond acceptors (Lipinski definition) is 4. The van der Waals surface area contributed by atoms with Crippen LogP contribution in [0.1, 0.15) is 33.6 Å². The van der Waals surface area contributed by atoms with Crippen molar-refractivity contribution in [2.24, 2.45) is 5.73 Å². The van der Waals surface area contributed by atoms with Gasteiger partial charge in [-0.3, -0.25) is 10.3 Å². The highest BCUT2D eigenvalue weighted by atomic mass is 32.2. The molecule has 1 rings (SSSR count). The Morgan fingerprint density at radius 3 is 2.21 bits per heavy atom. The topological polar surface area (TPSA) is 90.5 Å². The average Bonchev–Trinajstić information content (AvgIpc) is 2.36. The number of piperazine rings is 1. The van der Waals surface area contributed by atoms with Gasteiger partial charge in [0, 0.05) is 26.2 Å². The molecule has 1 heterocycles. The second kappa shape index (κ2) is 6.19. The highest BCUT2D eigenvalue weighted by Gasteiger charge is 2.35. The number of nitrogens with zero attached hydrogens (tertiary/aromatic N) is 2. The van der Waals surface area contributed by atoms with Crippen molar-refractivity contribution in [1.82, 2.24) is 9.21 Å². The molecule has 0 unspecified atom stereocenters. The summed E-state index contributed by atoms with van der Waals surface area (Å²) in [5.41, 5.74) is 5.10. The van der Waals surface area contributed by atoms with Crippen molar-refractivity contribution in [3.8, 4) is 0 Å². The predicted octanol–water partition coefficient (Wildman–Crippen LogP) is 0.448. The Morgan fingerprint density at radius 2 is 1.79 bits per heavy atom. The molecule has 1 aliphatic heterocycles. The van der Waals surface area contributed by atoms with Gasteiger partial charge in [-0.2, -0.15) is 4.31 Å². The molecule has 0 aliphatic carbocycles. The van der Waals surface area contributed by atoms with Gasteiger partial charge < -0.3 is 5.73 Å². The van der Waals surface area contributed by atoms with E-state index in [1.54, 1.807) is 4.31 Å². The zero-order valence-corrected chi connectivity index (χ0v) is 13.0. The SMILES string of the molecule is CCCCS(=O)(=O)N1CCN(C(C)(C)C(=N)N)CC1. The van der Waals surface area contributed by atoms with Crippen molar-refractivity contribution in [1.29, 1.82) is 5.41 Å². The maximum Gasteiger partial charge on any atom is 0.214 e. The Morgan fingerprint density at radius 1 is 1.26 bits per heavy atom. The van der Waals surface area contributed by atoms with Gasteiger partial charge in [0.2, 0.25) is 10.0 Å². The fourth-order valence-corrected chi connectivity index (χ4v) is 3.78. The van der Waals surface area contributed by atoms with E-state index in [0.29, 0.717) is 32.6 Å². The van der Waals surface area contributed by atoms with Gasteiger partial charge in [0.1, 0.15) is 5.84 Å². The molecule has 3 N–H and O–H groups in total. The monoisotopic (exact) mass is 290 g/mol. The second-order valence-corrected chi connectivity index (χ2v) is 7.62. The van der Waals surface area contributed by atoms with Crippen LogP contribution in [0.15, 0.2) is 0 Å². The van der Waals surface area contributed by atoms with Crippen molar-refractivity contribution in [3.63, 3.8) is 0 Å². The molecule has 1 aliphatic rings. The fraction of sp³-hybridized carbons (Fsp3) is 0.917. The van der Waals surface area contributed by atoms with Crippen molar-refractivity contribution in [2.45, 2.75) is 39.2 Å². The van der Waals surface area contributed by atoms with E-state index in [0.717, 1.165) is 6.42 Å². The minimum atomic E-state index is -3.11. The van der Waals surface area contributed by atoms with E-state index < -0.39 is 15.6 Å². The van der Waals surface area contributed by atoms with Gasteiger partial charge in [0.25, 0.3) is 0 Å². The lowest BCUT2D eigenvalue weighted by atomic mass is 10.0. The second-order valence-electron chi connectivity index (χ2n) is 5.53. The number of sulfonamides is 1. The molecule has 1 fully saturated rings. The molecule has 6 nitrogen and oxygen atoms in total. The summed E-state index contributed by atoms with van der Waals surface area (Å²) in [5, 5.41) is 7.60. The quantitative estimate of drug-likeness (QED) is 0.549. The molecule has 112 valence electrons. The van der Waals surface area contributed by atoms with Crippen LogP contribution in [0.25, 0.3) is 0 Å². The molecular weight excluding hydrogens is 264 g/mol. The molecule has 0 radical (unpaired) electrons. The van der Waals surface area contributed by atoms with Gasteiger partial charge in [-0.1, -0.05) is 13.3 Å². The third-order valence-electron chi connectivity index (χ3n) is 3.84. The van der Waals surface area contributed by atoms with Crippen LogP contribution in [0.3, 0.4) is 0 Å². The van der Waals surface area contributed by atoms with Crippen LogP contribution in [-0.4, -0.2) is 60.9 Å². The zero-order chi connectivity index (χ0) is 14.7. The first kappa shape index (κ1) is 16.4. The summed E-state index contributed by atoms with van der Waals surface area (Å²) < 4.78 is 25.7. The normalized spacial score (nSPS) is 19.5. The largest absolute Gasteiger partial charge is 0.386 e. The third-order valence-corrected chi connectivity index (χ3v) is 5.79. The van der Waals surface area contributed by atoms with Crippen molar-refractivity contribution in [3.05, 3.63) is 0 Å². The molecule has 0 amide bonds. The highest BCUT2D eigenvalue weighted by molar-refractivity contribution is 7.89. The summed E-state index contributed by atoms with van der Waals surface area (Å²) in [6.07, 6.45) is 1.60. The Kier molecular flexibility index (Phi) is 5.34. The van der Waals surface area contributed by atoms with Crippen LogP contribution in [0, 0.1) is 5.41 Å². The molecule has 0 aromatic carbocycles.